The summed E-state index contributed by atoms with van der Waals surface area (Å²) in [7, 11) is 0. The minimum absolute atomic E-state index is 0.286. The minimum atomic E-state index is -0.457. The molecule has 0 spiro atoms. The molecule has 5 heteroatoms. The first-order chi connectivity index (χ1) is 5.94. The molecule has 0 radical (unpaired) electrons. The maximum absolute atomic E-state index is 8.78. The molecule has 1 aromatic heterocycles. The van der Waals surface area contributed by atoms with Gasteiger partial charge in [-0.1, -0.05) is 11.6 Å². The summed E-state index contributed by atoms with van der Waals surface area (Å²) in [4.78, 5) is 0. The zero-order chi connectivity index (χ0) is 10.1. The summed E-state index contributed by atoms with van der Waals surface area (Å²) in [6.07, 6.45) is 1.63. The van der Waals surface area contributed by atoms with Crippen molar-refractivity contribution in [2.45, 2.75) is 20.4 Å². The summed E-state index contributed by atoms with van der Waals surface area (Å²) in [6, 6.07) is 2.17. The summed E-state index contributed by atoms with van der Waals surface area (Å²) < 4.78 is 1.58. The van der Waals surface area contributed by atoms with Gasteiger partial charge in [0.25, 0.3) is 0 Å². The molecule has 0 unspecified atom stereocenters. The topological polar surface area (TPSA) is 67.6 Å². The van der Waals surface area contributed by atoms with Gasteiger partial charge in [-0.3, -0.25) is 4.68 Å². The van der Waals surface area contributed by atoms with Gasteiger partial charge in [-0.2, -0.15) is 10.4 Å². The number of hydrogen-bond acceptors (Lipinski definition) is 3. The van der Waals surface area contributed by atoms with Crippen molar-refractivity contribution >= 4 is 17.3 Å². The van der Waals surface area contributed by atoms with Crippen molar-refractivity contribution < 1.29 is 0 Å². The largest absolute Gasteiger partial charge is 0.395 e. The van der Waals surface area contributed by atoms with Crippen LogP contribution >= 0.6 is 11.6 Å². The predicted octanol–water partition coefficient (Wildman–Crippen LogP) is 1.67. The number of nitriles is 1. The van der Waals surface area contributed by atoms with E-state index in [0.29, 0.717) is 12.2 Å². The molecule has 1 heterocycles. The first-order valence-corrected chi connectivity index (χ1v) is 4.22. The van der Waals surface area contributed by atoms with Crippen LogP contribution in [0.2, 0.25) is 5.15 Å². The van der Waals surface area contributed by atoms with Gasteiger partial charge in [0.05, 0.1) is 23.7 Å². The van der Waals surface area contributed by atoms with Gasteiger partial charge in [-0.15, -0.1) is 0 Å². The lowest BCUT2D eigenvalue weighted by molar-refractivity contribution is 0.385. The van der Waals surface area contributed by atoms with Crippen LogP contribution in [0, 0.1) is 16.7 Å². The van der Waals surface area contributed by atoms with Gasteiger partial charge in [0.15, 0.2) is 5.15 Å². The van der Waals surface area contributed by atoms with Crippen LogP contribution < -0.4 is 5.73 Å². The van der Waals surface area contributed by atoms with Crippen LogP contribution in [0.3, 0.4) is 0 Å². The Hall–Kier alpha value is -1.21. The van der Waals surface area contributed by atoms with Gasteiger partial charge < -0.3 is 5.73 Å². The molecule has 0 amide bonds. The number of aromatic nitrogens is 2. The van der Waals surface area contributed by atoms with Gasteiger partial charge in [0.1, 0.15) is 0 Å². The quantitative estimate of drug-likeness (QED) is 0.786. The lowest BCUT2D eigenvalue weighted by Crippen LogP contribution is -2.17. The van der Waals surface area contributed by atoms with Crippen molar-refractivity contribution in [2.75, 3.05) is 5.73 Å². The molecular weight excluding hydrogens is 188 g/mol. The van der Waals surface area contributed by atoms with Crippen LogP contribution in [-0.4, -0.2) is 9.78 Å². The standard InChI is InChI=1S/C8H11ClN4/c1-8(2,4-10)5-13-3-6(11)7(9)12-13/h3H,5,11H2,1-2H3. The fourth-order valence-electron chi connectivity index (χ4n) is 0.935. The smallest absolute Gasteiger partial charge is 0.173 e. The molecule has 1 rings (SSSR count). The molecule has 0 fully saturated rings. The molecule has 0 aromatic carbocycles. The summed E-state index contributed by atoms with van der Waals surface area (Å²) in [5.41, 5.74) is 5.49. The Bertz CT molecular complexity index is 328. The van der Waals surface area contributed by atoms with Gasteiger partial charge in [-0.25, -0.2) is 0 Å². The van der Waals surface area contributed by atoms with Crippen molar-refractivity contribution in [2.24, 2.45) is 5.41 Å². The molecule has 0 saturated carbocycles. The molecule has 1 aromatic rings. The summed E-state index contributed by atoms with van der Waals surface area (Å²) >= 11 is 5.66. The Balaban J connectivity index is 2.82. The number of nitrogen functional groups attached to an aromatic ring is 1. The number of anilines is 1. The van der Waals surface area contributed by atoms with E-state index in [1.54, 1.807) is 10.9 Å². The predicted molar refractivity (Wildman–Crippen MR) is 51.0 cm³/mol. The van der Waals surface area contributed by atoms with E-state index in [1.807, 2.05) is 13.8 Å². The highest BCUT2D eigenvalue weighted by atomic mass is 35.5. The highest BCUT2D eigenvalue weighted by Gasteiger charge is 2.18. The number of nitrogens with two attached hydrogens (primary N) is 1. The molecule has 13 heavy (non-hydrogen) atoms. The van der Waals surface area contributed by atoms with E-state index in [1.165, 1.54) is 0 Å². The van der Waals surface area contributed by atoms with E-state index < -0.39 is 5.41 Å². The second-order valence-corrected chi connectivity index (χ2v) is 3.93. The van der Waals surface area contributed by atoms with Gasteiger partial charge >= 0.3 is 0 Å². The fourth-order valence-corrected chi connectivity index (χ4v) is 1.08. The summed E-state index contributed by atoms with van der Waals surface area (Å²) in [6.45, 7) is 4.15. The molecule has 2 N–H and O–H groups in total. The SMILES string of the molecule is CC(C)(C#N)Cn1cc(N)c(Cl)n1. The van der Waals surface area contributed by atoms with Crippen molar-refractivity contribution in [3.63, 3.8) is 0 Å². The molecule has 0 bridgehead atoms. The zero-order valence-corrected chi connectivity index (χ0v) is 8.34. The Morgan fingerprint density at radius 3 is 2.77 bits per heavy atom. The summed E-state index contributed by atoms with van der Waals surface area (Å²) in [5, 5.41) is 13.0. The van der Waals surface area contributed by atoms with E-state index in [2.05, 4.69) is 11.2 Å². The molecule has 70 valence electrons. The maximum Gasteiger partial charge on any atom is 0.173 e. The Morgan fingerprint density at radius 1 is 1.77 bits per heavy atom. The van der Waals surface area contributed by atoms with Crippen molar-refractivity contribution in [3.05, 3.63) is 11.3 Å². The molecular formula is C8H11ClN4. The van der Waals surface area contributed by atoms with Crippen molar-refractivity contribution in [1.29, 1.82) is 5.26 Å². The third kappa shape index (κ3) is 2.36. The third-order valence-electron chi connectivity index (χ3n) is 1.60. The highest BCUT2D eigenvalue weighted by Crippen LogP contribution is 2.20. The van der Waals surface area contributed by atoms with Crippen molar-refractivity contribution in [3.8, 4) is 6.07 Å². The van der Waals surface area contributed by atoms with Crippen LogP contribution in [0.15, 0.2) is 6.20 Å². The second kappa shape index (κ2) is 3.27. The van der Waals surface area contributed by atoms with Crippen LogP contribution in [0.1, 0.15) is 13.8 Å². The van der Waals surface area contributed by atoms with E-state index >= 15 is 0 Å². The van der Waals surface area contributed by atoms with Gasteiger partial charge in [0.2, 0.25) is 0 Å². The van der Waals surface area contributed by atoms with E-state index in [4.69, 9.17) is 22.6 Å². The average Bonchev–Trinajstić information content (AvgIpc) is 2.30. The average molecular weight is 199 g/mol. The maximum atomic E-state index is 8.78. The van der Waals surface area contributed by atoms with E-state index in [0.717, 1.165) is 0 Å². The normalized spacial score (nSPS) is 11.2. The minimum Gasteiger partial charge on any atom is -0.395 e. The lowest BCUT2D eigenvalue weighted by Gasteiger charge is -2.14. The number of rotatable bonds is 2. The van der Waals surface area contributed by atoms with Gasteiger partial charge in [0, 0.05) is 6.20 Å². The molecule has 0 aliphatic rings. The number of hydrogen-bond donors (Lipinski definition) is 1. The number of nitrogens with zero attached hydrogens (tertiary/aromatic N) is 3. The Kier molecular flexibility index (Phi) is 2.48. The van der Waals surface area contributed by atoms with E-state index in [-0.39, 0.29) is 5.15 Å². The Morgan fingerprint density at radius 2 is 2.38 bits per heavy atom. The zero-order valence-electron chi connectivity index (χ0n) is 7.58. The van der Waals surface area contributed by atoms with Crippen LogP contribution in [-0.2, 0) is 6.54 Å². The first kappa shape index (κ1) is 9.87. The first-order valence-electron chi connectivity index (χ1n) is 3.84. The summed E-state index contributed by atoms with van der Waals surface area (Å²) in [5.74, 6) is 0. The van der Waals surface area contributed by atoms with Crippen LogP contribution in [0.25, 0.3) is 0 Å². The highest BCUT2D eigenvalue weighted by molar-refractivity contribution is 6.31. The molecule has 0 aliphatic heterocycles. The fraction of sp³-hybridized carbons (Fsp3) is 0.500. The second-order valence-electron chi connectivity index (χ2n) is 3.57. The molecule has 0 atom stereocenters. The number of halogens is 1. The molecule has 0 aliphatic carbocycles. The van der Waals surface area contributed by atoms with Crippen LogP contribution in [0.4, 0.5) is 5.69 Å². The molecule has 4 nitrogen and oxygen atoms in total. The Labute approximate surface area is 81.9 Å². The van der Waals surface area contributed by atoms with Crippen LogP contribution in [0.5, 0.6) is 0 Å². The monoisotopic (exact) mass is 198 g/mol. The molecule has 0 saturated heterocycles. The lowest BCUT2D eigenvalue weighted by atomic mass is 9.96. The van der Waals surface area contributed by atoms with E-state index in [9.17, 15) is 0 Å². The third-order valence-corrected chi connectivity index (χ3v) is 1.90. The van der Waals surface area contributed by atoms with Crippen molar-refractivity contribution in [1.82, 2.24) is 9.78 Å². The van der Waals surface area contributed by atoms with Gasteiger partial charge in [-0.05, 0) is 13.8 Å².